The number of carbonyl (C=O) groups is 1. The van der Waals surface area contributed by atoms with Crippen LogP contribution in [-0.2, 0) is 11.3 Å². The summed E-state index contributed by atoms with van der Waals surface area (Å²) in [6.45, 7) is 7.57. The van der Waals surface area contributed by atoms with Crippen molar-refractivity contribution in [3.8, 4) is 5.75 Å². The summed E-state index contributed by atoms with van der Waals surface area (Å²) < 4.78 is 10.9. The van der Waals surface area contributed by atoms with Crippen LogP contribution in [0, 0.1) is 0 Å². The first-order chi connectivity index (χ1) is 9.35. The van der Waals surface area contributed by atoms with E-state index in [4.69, 9.17) is 9.47 Å². The smallest absolute Gasteiger partial charge is 0.410 e. The molecule has 0 saturated carbocycles. The fraction of sp³-hybridized carbons (Fsp3) is 0.533. The van der Waals surface area contributed by atoms with Crippen molar-refractivity contribution < 1.29 is 14.3 Å². The van der Waals surface area contributed by atoms with Crippen molar-refractivity contribution in [3.63, 3.8) is 0 Å². The molecule has 1 heterocycles. The summed E-state index contributed by atoms with van der Waals surface area (Å²) in [4.78, 5) is 13.5. The van der Waals surface area contributed by atoms with Gasteiger partial charge in [0.25, 0.3) is 0 Å². The fourth-order valence-electron chi connectivity index (χ4n) is 1.96. The highest BCUT2D eigenvalue weighted by atomic mass is 16.6. The first kappa shape index (κ1) is 14.5. The monoisotopic (exact) mass is 278 g/mol. The Hall–Kier alpha value is -1.91. The van der Waals surface area contributed by atoms with Gasteiger partial charge in [-0.15, -0.1) is 0 Å². The van der Waals surface area contributed by atoms with E-state index < -0.39 is 5.60 Å². The summed E-state index contributed by atoms with van der Waals surface area (Å²) >= 11 is 0. The van der Waals surface area contributed by atoms with Crippen LogP contribution in [0.3, 0.4) is 0 Å². The second kappa shape index (κ2) is 5.61. The van der Waals surface area contributed by atoms with Gasteiger partial charge in [0.2, 0.25) is 0 Å². The average molecular weight is 278 g/mol. The molecule has 1 amide bonds. The number of carbonyl (C=O) groups excluding carboxylic acids is 1. The van der Waals surface area contributed by atoms with Crippen molar-refractivity contribution in [2.75, 3.05) is 25.5 Å². The van der Waals surface area contributed by atoms with Crippen molar-refractivity contribution >= 4 is 11.8 Å². The minimum Gasteiger partial charge on any atom is -0.490 e. The highest BCUT2D eigenvalue weighted by Gasteiger charge is 2.20. The van der Waals surface area contributed by atoms with E-state index in [2.05, 4.69) is 5.32 Å². The summed E-state index contributed by atoms with van der Waals surface area (Å²) in [5.41, 5.74) is 1.54. The molecule has 1 aliphatic rings. The maximum atomic E-state index is 11.9. The second-order valence-corrected chi connectivity index (χ2v) is 5.94. The van der Waals surface area contributed by atoms with E-state index >= 15 is 0 Å². The standard InChI is InChI=1S/C15H22N2O3/c1-15(2,3)20-14(18)17(4)10-11-5-6-13-12(9-11)16-7-8-19-13/h5-6,9,16H,7-8,10H2,1-4H3. The van der Waals surface area contributed by atoms with Crippen LogP contribution in [0.5, 0.6) is 5.75 Å². The summed E-state index contributed by atoms with van der Waals surface area (Å²) in [7, 11) is 1.73. The van der Waals surface area contributed by atoms with Gasteiger partial charge in [-0.2, -0.15) is 0 Å². The van der Waals surface area contributed by atoms with Gasteiger partial charge < -0.3 is 19.7 Å². The van der Waals surface area contributed by atoms with Crippen LogP contribution in [0.1, 0.15) is 26.3 Å². The first-order valence-electron chi connectivity index (χ1n) is 6.79. The largest absolute Gasteiger partial charge is 0.490 e. The van der Waals surface area contributed by atoms with Crippen LogP contribution in [0.2, 0.25) is 0 Å². The molecule has 0 spiro atoms. The van der Waals surface area contributed by atoms with Crippen molar-refractivity contribution in [2.24, 2.45) is 0 Å². The molecule has 0 aromatic heterocycles. The Morgan fingerprint density at radius 3 is 2.90 bits per heavy atom. The minimum atomic E-state index is -0.476. The molecule has 5 heteroatoms. The molecular weight excluding hydrogens is 256 g/mol. The number of anilines is 1. The van der Waals surface area contributed by atoms with Gasteiger partial charge in [-0.3, -0.25) is 0 Å². The Morgan fingerprint density at radius 1 is 1.45 bits per heavy atom. The number of nitrogens with one attached hydrogen (secondary N) is 1. The highest BCUT2D eigenvalue weighted by molar-refractivity contribution is 5.68. The number of hydrogen-bond donors (Lipinski definition) is 1. The van der Waals surface area contributed by atoms with Crippen LogP contribution >= 0.6 is 0 Å². The van der Waals surface area contributed by atoms with E-state index in [1.165, 1.54) is 0 Å². The first-order valence-corrected chi connectivity index (χ1v) is 6.79. The second-order valence-electron chi connectivity index (χ2n) is 5.94. The van der Waals surface area contributed by atoms with Crippen molar-refractivity contribution in [1.29, 1.82) is 0 Å². The number of nitrogens with zero attached hydrogens (tertiary/aromatic N) is 1. The quantitative estimate of drug-likeness (QED) is 0.903. The summed E-state index contributed by atoms with van der Waals surface area (Å²) in [6, 6.07) is 5.90. The molecule has 2 rings (SSSR count). The molecule has 1 N–H and O–H groups in total. The Kier molecular flexibility index (Phi) is 4.06. The molecule has 0 atom stereocenters. The molecule has 1 aliphatic heterocycles. The molecule has 20 heavy (non-hydrogen) atoms. The third-order valence-electron chi connectivity index (χ3n) is 2.84. The number of ether oxygens (including phenoxy) is 2. The van der Waals surface area contributed by atoms with Gasteiger partial charge in [-0.05, 0) is 38.5 Å². The van der Waals surface area contributed by atoms with Gasteiger partial charge in [0, 0.05) is 20.1 Å². The van der Waals surface area contributed by atoms with Crippen LogP contribution in [0.4, 0.5) is 10.5 Å². The Bertz CT molecular complexity index is 494. The molecular formula is C15H22N2O3. The zero-order chi connectivity index (χ0) is 14.8. The Labute approximate surface area is 119 Å². The molecule has 5 nitrogen and oxygen atoms in total. The van der Waals surface area contributed by atoms with Crippen LogP contribution in [0.15, 0.2) is 18.2 Å². The van der Waals surface area contributed by atoms with E-state index in [0.717, 1.165) is 23.5 Å². The summed E-state index contributed by atoms with van der Waals surface area (Å²) in [5.74, 6) is 0.861. The maximum absolute atomic E-state index is 11.9. The molecule has 110 valence electrons. The van der Waals surface area contributed by atoms with E-state index in [1.54, 1.807) is 11.9 Å². The molecule has 0 radical (unpaired) electrons. The lowest BCUT2D eigenvalue weighted by molar-refractivity contribution is 0.0285. The normalized spacial score (nSPS) is 13.8. The molecule has 0 saturated heterocycles. The van der Waals surface area contributed by atoms with Gasteiger partial charge >= 0.3 is 6.09 Å². The Morgan fingerprint density at radius 2 is 2.20 bits per heavy atom. The van der Waals surface area contributed by atoms with Crippen LogP contribution in [-0.4, -0.2) is 36.8 Å². The lowest BCUT2D eigenvalue weighted by Gasteiger charge is -2.25. The predicted octanol–water partition coefficient (Wildman–Crippen LogP) is 2.86. The van der Waals surface area contributed by atoms with Crippen molar-refractivity contribution in [3.05, 3.63) is 23.8 Å². The van der Waals surface area contributed by atoms with Gasteiger partial charge in [-0.25, -0.2) is 4.79 Å². The molecule has 1 aromatic rings. The molecule has 0 bridgehead atoms. The van der Waals surface area contributed by atoms with E-state index in [0.29, 0.717) is 13.2 Å². The topological polar surface area (TPSA) is 50.8 Å². The van der Waals surface area contributed by atoms with Crippen molar-refractivity contribution in [1.82, 2.24) is 4.90 Å². The molecule has 1 aromatic carbocycles. The van der Waals surface area contributed by atoms with E-state index in [-0.39, 0.29) is 6.09 Å². The maximum Gasteiger partial charge on any atom is 0.410 e. The lowest BCUT2D eigenvalue weighted by atomic mass is 10.1. The number of rotatable bonds is 2. The number of amides is 1. The molecule has 0 fully saturated rings. The fourth-order valence-corrected chi connectivity index (χ4v) is 1.96. The van der Waals surface area contributed by atoms with E-state index in [9.17, 15) is 4.79 Å². The highest BCUT2D eigenvalue weighted by Crippen LogP contribution is 2.28. The zero-order valence-electron chi connectivity index (χ0n) is 12.5. The molecule has 0 aliphatic carbocycles. The number of hydrogen-bond acceptors (Lipinski definition) is 4. The van der Waals surface area contributed by atoms with Crippen molar-refractivity contribution in [2.45, 2.75) is 32.9 Å². The summed E-state index contributed by atoms with van der Waals surface area (Å²) in [5, 5.41) is 3.28. The third-order valence-corrected chi connectivity index (χ3v) is 2.84. The lowest BCUT2D eigenvalue weighted by Crippen LogP contribution is -2.33. The van der Waals surface area contributed by atoms with Gasteiger partial charge in [0.05, 0.1) is 5.69 Å². The Balaban J connectivity index is 2.01. The summed E-state index contributed by atoms with van der Waals surface area (Å²) in [6.07, 6.45) is -0.320. The zero-order valence-corrected chi connectivity index (χ0v) is 12.5. The predicted molar refractivity (Wildman–Crippen MR) is 78.1 cm³/mol. The van der Waals surface area contributed by atoms with Crippen LogP contribution < -0.4 is 10.1 Å². The number of fused-ring (bicyclic) bond motifs is 1. The van der Waals surface area contributed by atoms with Gasteiger partial charge in [0.1, 0.15) is 18.0 Å². The van der Waals surface area contributed by atoms with Gasteiger partial charge in [0.15, 0.2) is 0 Å². The van der Waals surface area contributed by atoms with Gasteiger partial charge in [-0.1, -0.05) is 6.07 Å². The van der Waals surface area contributed by atoms with E-state index in [1.807, 2.05) is 39.0 Å². The third kappa shape index (κ3) is 3.79. The average Bonchev–Trinajstić information content (AvgIpc) is 2.36. The number of benzene rings is 1. The molecule has 0 unspecified atom stereocenters. The SMILES string of the molecule is CN(Cc1ccc2c(c1)NCCO2)C(=O)OC(C)(C)C. The minimum absolute atomic E-state index is 0.320. The van der Waals surface area contributed by atoms with Crippen LogP contribution in [0.25, 0.3) is 0 Å².